The van der Waals surface area contributed by atoms with Crippen LogP contribution in [0.5, 0.6) is 0 Å². The maximum absolute atomic E-state index is 11.8. The van der Waals surface area contributed by atoms with Crippen molar-refractivity contribution in [2.24, 2.45) is 17.3 Å². The first-order chi connectivity index (χ1) is 8.35. The molecule has 1 fully saturated rings. The van der Waals surface area contributed by atoms with Gasteiger partial charge in [-0.15, -0.1) is 0 Å². The van der Waals surface area contributed by atoms with Crippen molar-refractivity contribution in [1.82, 2.24) is 0 Å². The van der Waals surface area contributed by atoms with Gasteiger partial charge >= 0.3 is 5.97 Å². The second-order valence-electron chi connectivity index (χ2n) is 6.80. The zero-order valence-electron chi connectivity index (χ0n) is 11.6. The van der Waals surface area contributed by atoms with Gasteiger partial charge in [-0.2, -0.15) is 0 Å². The number of carbonyl (C=O) groups is 1. The lowest BCUT2D eigenvalue weighted by Crippen LogP contribution is -2.32. The number of aliphatic hydroxyl groups is 1. The van der Waals surface area contributed by atoms with Crippen LogP contribution in [0.15, 0.2) is 12.2 Å². The Bertz CT molecular complexity index is 353. The minimum absolute atomic E-state index is 0.0731. The molecule has 0 aliphatic heterocycles. The molecule has 2 bridgehead atoms. The average Bonchev–Trinajstić information content (AvgIpc) is 2.84. The Morgan fingerprint density at radius 2 is 2.17 bits per heavy atom. The summed E-state index contributed by atoms with van der Waals surface area (Å²) in [5, 5.41) is 9.70. The van der Waals surface area contributed by atoms with Gasteiger partial charge in [0.1, 0.15) is 5.60 Å². The predicted octanol–water partition coefficient (Wildman–Crippen LogP) is 2.68. The first-order valence-electron chi connectivity index (χ1n) is 6.86. The lowest BCUT2D eigenvalue weighted by Gasteiger charge is -2.33. The molecule has 0 aromatic rings. The van der Waals surface area contributed by atoms with E-state index in [0.29, 0.717) is 18.3 Å². The second-order valence-corrected chi connectivity index (χ2v) is 6.80. The normalized spacial score (nSPS) is 34.0. The average molecular weight is 252 g/mol. The number of hydrogen-bond donors (Lipinski definition) is 1. The van der Waals surface area contributed by atoms with Gasteiger partial charge in [-0.1, -0.05) is 12.2 Å². The van der Waals surface area contributed by atoms with E-state index in [9.17, 15) is 9.90 Å². The number of esters is 1. The van der Waals surface area contributed by atoms with Crippen molar-refractivity contribution in [3.8, 4) is 0 Å². The zero-order valence-corrected chi connectivity index (χ0v) is 11.6. The summed E-state index contributed by atoms with van der Waals surface area (Å²) in [5.74, 6) is 0.915. The van der Waals surface area contributed by atoms with Crippen LogP contribution in [0.3, 0.4) is 0 Å². The van der Waals surface area contributed by atoms with E-state index in [1.807, 2.05) is 20.8 Å². The highest BCUT2D eigenvalue weighted by Gasteiger charge is 2.47. The van der Waals surface area contributed by atoms with Crippen LogP contribution in [-0.2, 0) is 9.53 Å². The fourth-order valence-electron chi connectivity index (χ4n) is 3.35. The Morgan fingerprint density at radius 1 is 1.44 bits per heavy atom. The molecule has 0 saturated heterocycles. The molecule has 0 aromatic carbocycles. The van der Waals surface area contributed by atoms with Crippen molar-refractivity contribution in [3.63, 3.8) is 0 Å². The van der Waals surface area contributed by atoms with Crippen LogP contribution < -0.4 is 0 Å². The molecule has 0 aromatic heterocycles. The fourth-order valence-corrected chi connectivity index (χ4v) is 3.35. The van der Waals surface area contributed by atoms with Crippen molar-refractivity contribution in [3.05, 3.63) is 12.2 Å². The number of aliphatic hydroxyl groups excluding tert-OH is 1. The largest absolute Gasteiger partial charge is 0.460 e. The van der Waals surface area contributed by atoms with E-state index in [1.165, 1.54) is 0 Å². The maximum Gasteiger partial charge on any atom is 0.306 e. The van der Waals surface area contributed by atoms with Gasteiger partial charge in [-0.3, -0.25) is 4.79 Å². The first-order valence-corrected chi connectivity index (χ1v) is 6.86. The van der Waals surface area contributed by atoms with Gasteiger partial charge in [-0.05, 0) is 51.9 Å². The summed E-state index contributed by atoms with van der Waals surface area (Å²) in [6, 6.07) is 0. The van der Waals surface area contributed by atoms with E-state index in [4.69, 9.17) is 4.74 Å². The number of fused-ring (bicyclic) bond motifs is 2. The Kier molecular flexibility index (Phi) is 3.54. The van der Waals surface area contributed by atoms with Gasteiger partial charge in [0.25, 0.3) is 0 Å². The summed E-state index contributed by atoms with van der Waals surface area (Å²) in [5.41, 5.74) is -0.492. The van der Waals surface area contributed by atoms with Crippen LogP contribution in [-0.4, -0.2) is 23.3 Å². The molecule has 1 N–H and O–H groups in total. The van der Waals surface area contributed by atoms with Crippen molar-refractivity contribution < 1.29 is 14.6 Å². The minimum atomic E-state index is -0.419. The smallest absolute Gasteiger partial charge is 0.306 e. The molecule has 0 heterocycles. The van der Waals surface area contributed by atoms with E-state index in [0.717, 1.165) is 19.3 Å². The van der Waals surface area contributed by atoms with Crippen LogP contribution in [0.1, 0.15) is 46.5 Å². The number of rotatable bonds is 4. The summed E-state index contributed by atoms with van der Waals surface area (Å²) < 4.78 is 5.33. The zero-order chi connectivity index (χ0) is 13.4. The fraction of sp³-hybridized carbons (Fsp3) is 0.800. The van der Waals surface area contributed by atoms with Crippen LogP contribution >= 0.6 is 0 Å². The molecule has 2 aliphatic rings. The molecule has 3 nitrogen and oxygen atoms in total. The number of hydrogen-bond acceptors (Lipinski definition) is 3. The van der Waals surface area contributed by atoms with Gasteiger partial charge in [-0.25, -0.2) is 0 Å². The monoisotopic (exact) mass is 252 g/mol. The molecule has 3 atom stereocenters. The van der Waals surface area contributed by atoms with E-state index >= 15 is 0 Å². The predicted molar refractivity (Wildman–Crippen MR) is 70.0 cm³/mol. The third-order valence-electron chi connectivity index (χ3n) is 4.19. The summed E-state index contributed by atoms with van der Waals surface area (Å²) in [6.45, 7) is 5.83. The highest BCUT2D eigenvalue weighted by atomic mass is 16.6. The molecule has 0 spiro atoms. The van der Waals surface area contributed by atoms with Crippen LogP contribution in [0.25, 0.3) is 0 Å². The SMILES string of the molecule is CC(C)(C)OC(=O)CC[C@]1(CO)C[C@H]2C=C[C@@H]1C2. The summed E-state index contributed by atoms with van der Waals surface area (Å²) in [7, 11) is 0. The highest BCUT2D eigenvalue weighted by Crippen LogP contribution is 2.54. The standard InChI is InChI=1S/C15H24O3/c1-14(2,3)18-13(17)6-7-15(10-16)9-11-4-5-12(15)8-11/h4-5,11-12,16H,6-10H2,1-3H3/t11-,12+,15+/m0/s1. The Labute approximate surface area is 109 Å². The molecular formula is C15H24O3. The molecule has 0 amide bonds. The number of carbonyl (C=O) groups excluding carboxylic acids is 1. The van der Waals surface area contributed by atoms with E-state index < -0.39 is 5.60 Å². The van der Waals surface area contributed by atoms with Crippen LogP contribution in [0.2, 0.25) is 0 Å². The van der Waals surface area contributed by atoms with Crippen LogP contribution in [0, 0.1) is 17.3 Å². The Morgan fingerprint density at radius 3 is 2.61 bits per heavy atom. The molecule has 1 saturated carbocycles. The van der Waals surface area contributed by atoms with Gasteiger partial charge in [0, 0.05) is 18.4 Å². The van der Waals surface area contributed by atoms with Gasteiger partial charge in [0.05, 0.1) is 0 Å². The van der Waals surface area contributed by atoms with Gasteiger partial charge in [0.2, 0.25) is 0 Å². The Hall–Kier alpha value is -0.830. The quantitative estimate of drug-likeness (QED) is 0.618. The molecule has 102 valence electrons. The molecular weight excluding hydrogens is 228 g/mol. The molecule has 0 radical (unpaired) electrons. The molecule has 3 heteroatoms. The molecule has 2 aliphatic carbocycles. The van der Waals surface area contributed by atoms with Gasteiger partial charge in [0.15, 0.2) is 0 Å². The van der Waals surface area contributed by atoms with E-state index in [-0.39, 0.29) is 18.0 Å². The first kappa shape index (κ1) is 13.6. The van der Waals surface area contributed by atoms with E-state index in [1.54, 1.807) is 0 Å². The third-order valence-corrected chi connectivity index (χ3v) is 4.19. The number of allylic oxidation sites excluding steroid dienone is 2. The highest BCUT2D eigenvalue weighted by molar-refractivity contribution is 5.69. The third kappa shape index (κ3) is 2.77. The molecule has 0 unspecified atom stereocenters. The summed E-state index contributed by atoms with van der Waals surface area (Å²) in [6.07, 6.45) is 7.80. The Balaban J connectivity index is 1.89. The van der Waals surface area contributed by atoms with Crippen molar-refractivity contribution in [1.29, 1.82) is 0 Å². The van der Waals surface area contributed by atoms with Gasteiger partial charge < -0.3 is 9.84 Å². The lowest BCUT2D eigenvalue weighted by atomic mass is 9.73. The lowest BCUT2D eigenvalue weighted by molar-refractivity contribution is -0.155. The van der Waals surface area contributed by atoms with Crippen molar-refractivity contribution in [2.75, 3.05) is 6.61 Å². The number of ether oxygens (including phenoxy) is 1. The van der Waals surface area contributed by atoms with E-state index in [2.05, 4.69) is 12.2 Å². The van der Waals surface area contributed by atoms with Crippen LogP contribution in [0.4, 0.5) is 0 Å². The maximum atomic E-state index is 11.8. The minimum Gasteiger partial charge on any atom is -0.460 e. The van der Waals surface area contributed by atoms with Crippen molar-refractivity contribution in [2.45, 2.75) is 52.1 Å². The topological polar surface area (TPSA) is 46.5 Å². The van der Waals surface area contributed by atoms with Crippen molar-refractivity contribution >= 4 is 5.97 Å². The molecule has 2 rings (SSSR count). The summed E-state index contributed by atoms with van der Waals surface area (Å²) in [4.78, 5) is 11.8. The molecule has 18 heavy (non-hydrogen) atoms. The second kappa shape index (κ2) is 4.69. The summed E-state index contributed by atoms with van der Waals surface area (Å²) >= 11 is 0.